The van der Waals surface area contributed by atoms with Crippen LogP contribution in [0.15, 0.2) is 30.4 Å². The molecule has 3 heteroatoms. The first-order chi connectivity index (χ1) is 8.13. The van der Waals surface area contributed by atoms with Gasteiger partial charge in [-0.25, -0.2) is 4.39 Å². The maximum atomic E-state index is 13.5. The molecule has 17 heavy (non-hydrogen) atoms. The number of hydrogen-bond acceptors (Lipinski definition) is 1. The lowest BCUT2D eigenvalue weighted by molar-refractivity contribution is -0.136. The van der Waals surface area contributed by atoms with E-state index in [0.717, 1.165) is 0 Å². The number of benzene rings is 1. The first kappa shape index (κ1) is 13.0. The number of allylic oxidation sites excluding steroid dienone is 2. The van der Waals surface area contributed by atoms with Gasteiger partial charge in [-0.3, -0.25) is 4.79 Å². The maximum absolute atomic E-state index is 13.5. The van der Waals surface area contributed by atoms with Crippen molar-refractivity contribution in [2.45, 2.75) is 19.8 Å². The largest absolute Gasteiger partial charge is 0.481 e. The molecule has 1 aromatic rings. The van der Waals surface area contributed by atoms with Gasteiger partial charge in [-0.15, -0.1) is 0 Å². The van der Waals surface area contributed by atoms with E-state index in [9.17, 15) is 9.18 Å². The van der Waals surface area contributed by atoms with Gasteiger partial charge in [-0.2, -0.15) is 0 Å². The smallest absolute Gasteiger partial charge is 0.303 e. The molecule has 0 aliphatic rings. The van der Waals surface area contributed by atoms with E-state index >= 15 is 0 Å². The Morgan fingerprint density at radius 2 is 2.29 bits per heavy atom. The van der Waals surface area contributed by atoms with Crippen molar-refractivity contribution >= 4 is 5.97 Å². The van der Waals surface area contributed by atoms with Crippen LogP contribution >= 0.6 is 0 Å². The van der Waals surface area contributed by atoms with Crippen LogP contribution < -0.4 is 0 Å². The molecule has 0 spiro atoms. The fraction of sp³-hybridized carbons (Fsp3) is 0.214. The zero-order chi connectivity index (χ0) is 12.7. The molecule has 0 saturated heterocycles. The summed E-state index contributed by atoms with van der Waals surface area (Å²) in [5.41, 5.74) is 0.989. The van der Waals surface area contributed by atoms with Gasteiger partial charge in [0.05, 0.1) is 0 Å². The highest BCUT2D eigenvalue weighted by Crippen LogP contribution is 2.12. The third-order valence-corrected chi connectivity index (χ3v) is 2.13. The van der Waals surface area contributed by atoms with Crippen molar-refractivity contribution in [2.75, 3.05) is 0 Å². The highest BCUT2D eigenvalue weighted by Gasteiger charge is 2.05. The van der Waals surface area contributed by atoms with Gasteiger partial charge < -0.3 is 5.11 Å². The van der Waals surface area contributed by atoms with Gasteiger partial charge in [0.15, 0.2) is 0 Å². The average molecular weight is 232 g/mol. The Morgan fingerprint density at radius 1 is 1.53 bits per heavy atom. The molecular formula is C14H13FO2. The lowest BCUT2D eigenvalue weighted by atomic mass is 10.1. The highest BCUT2D eigenvalue weighted by molar-refractivity contribution is 5.67. The van der Waals surface area contributed by atoms with Crippen LogP contribution in [0.25, 0.3) is 0 Å². The molecule has 1 rings (SSSR count). The first-order valence-corrected chi connectivity index (χ1v) is 5.26. The minimum Gasteiger partial charge on any atom is -0.481 e. The van der Waals surface area contributed by atoms with Crippen LogP contribution in [0.5, 0.6) is 0 Å². The van der Waals surface area contributed by atoms with E-state index in [-0.39, 0.29) is 12.8 Å². The van der Waals surface area contributed by atoms with E-state index < -0.39 is 11.8 Å². The van der Waals surface area contributed by atoms with Gasteiger partial charge in [-0.1, -0.05) is 24.0 Å². The van der Waals surface area contributed by atoms with Crippen molar-refractivity contribution in [2.24, 2.45) is 0 Å². The Labute approximate surface area is 99.8 Å². The van der Waals surface area contributed by atoms with Crippen LogP contribution in [0.2, 0.25) is 0 Å². The second-order valence-electron chi connectivity index (χ2n) is 3.47. The van der Waals surface area contributed by atoms with Gasteiger partial charge >= 0.3 is 5.97 Å². The van der Waals surface area contributed by atoms with Crippen LogP contribution in [0, 0.1) is 17.7 Å². The second kappa shape index (κ2) is 6.49. The number of carbonyl (C=O) groups is 1. The molecule has 0 unspecified atom stereocenters. The van der Waals surface area contributed by atoms with Gasteiger partial charge in [-0.05, 0) is 37.1 Å². The molecule has 1 N–H and O–H groups in total. The standard InChI is InChI=1S/C14H13FO2/c1-2-3-4-5-11-6-7-12(13(15)10-11)8-9-14(16)17/h2-3,6-7,10H,8-9H2,1H3,(H,16,17)/b3-2+. The Balaban J connectivity index is 2.80. The minimum atomic E-state index is -0.929. The monoisotopic (exact) mass is 232 g/mol. The molecule has 0 aliphatic carbocycles. The number of carboxylic acid groups (broad SMARTS) is 1. The molecule has 0 heterocycles. The average Bonchev–Trinajstić information content (AvgIpc) is 2.28. The Hall–Kier alpha value is -2.08. The molecule has 1 aromatic carbocycles. The summed E-state index contributed by atoms with van der Waals surface area (Å²) < 4.78 is 13.5. The number of halogens is 1. The molecule has 0 fully saturated rings. The van der Waals surface area contributed by atoms with Gasteiger partial charge in [0.2, 0.25) is 0 Å². The first-order valence-electron chi connectivity index (χ1n) is 5.26. The van der Waals surface area contributed by atoms with Crippen molar-refractivity contribution in [1.82, 2.24) is 0 Å². The molecule has 0 saturated carbocycles. The normalized spacial score (nSPS) is 10.0. The highest BCUT2D eigenvalue weighted by atomic mass is 19.1. The van der Waals surface area contributed by atoms with Crippen molar-refractivity contribution < 1.29 is 14.3 Å². The van der Waals surface area contributed by atoms with Crippen molar-refractivity contribution in [3.63, 3.8) is 0 Å². The third kappa shape index (κ3) is 4.52. The van der Waals surface area contributed by atoms with E-state index in [1.807, 2.05) is 6.92 Å². The predicted molar refractivity (Wildman–Crippen MR) is 64.0 cm³/mol. The lowest BCUT2D eigenvalue weighted by Gasteiger charge is -2.01. The van der Waals surface area contributed by atoms with E-state index in [0.29, 0.717) is 11.1 Å². The fourth-order valence-corrected chi connectivity index (χ4v) is 1.28. The number of rotatable bonds is 3. The molecule has 0 amide bonds. The number of aryl methyl sites for hydroxylation is 1. The maximum Gasteiger partial charge on any atom is 0.303 e. The van der Waals surface area contributed by atoms with Gasteiger partial charge in [0.1, 0.15) is 5.82 Å². The number of carboxylic acids is 1. The van der Waals surface area contributed by atoms with Crippen molar-refractivity contribution in [3.05, 3.63) is 47.3 Å². The molecule has 0 aliphatic heterocycles. The third-order valence-electron chi connectivity index (χ3n) is 2.13. The Bertz CT molecular complexity index is 493. The predicted octanol–water partition coefficient (Wildman–Crippen LogP) is 2.77. The van der Waals surface area contributed by atoms with Crippen LogP contribution in [-0.4, -0.2) is 11.1 Å². The minimum absolute atomic E-state index is 0.0689. The van der Waals surface area contributed by atoms with E-state index in [2.05, 4.69) is 11.8 Å². The van der Waals surface area contributed by atoms with Crippen LogP contribution in [0.1, 0.15) is 24.5 Å². The molecule has 88 valence electrons. The van der Waals surface area contributed by atoms with Gasteiger partial charge in [0.25, 0.3) is 0 Å². The zero-order valence-electron chi connectivity index (χ0n) is 9.53. The summed E-state index contributed by atoms with van der Waals surface area (Å²) in [5.74, 6) is 4.21. The Kier molecular flexibility index (Phi) is 4.96. The quantitative estimate of drug-likeness (QED) is 0.813. The molecule has 0 bridgehead atoms. The molecule has 0 aromatic heterocycles. The molecule has 0 atom stereocenters. The lowest BCUT2D eigenvalue weighted by Crippen LogP contribution is -1.99. The van der Waals surface area contributed by atoms with E-state index in [1.54, 1.807) is 24.3 Å². The zero-order valence-corrected chi connectivity index (χ0v) is 9.53. The summed E-state index contributed by atoms with van der Waals surface area (Å²) in [4.78, 5) is 10.4. The van der Waals surface area contributed by atoms with Crippen LogP contribution in [0.3, 0.4) is 0 Å². The summed E-state index contributed by atoms with van der Waals surface area (Å²) in [6, 6.07) is 4.60. The summed E-state index contributed by atoms with van der Waals surface area (Å²) in [6.45, 7) is 1.85. The molecule has 2 nitrogen and oxygen atoms in total. The van der Waals surface area contributed by atoms with E-state index in [1.165, 1.54) is 6.07 Å². The summed E-state index contributed by atoms with van der Waals surface area (Å²) in [5, 5.41) is 8.51. The molecular weight excluding hydrogens is 219 g/mol. The van der Waals surface area contributed by atoms with Crippen LogP contribution in [-0.2, 0) is 11.2 Å². The SMILES string of the molecule is C/C=C/C#Cc1ccc(CCC(=O)O)c(F)c1. The number of hydrogen-bond donors (Lipinski definition) is 1. The van der Waals surface area contributed by atoms with Crippen molar-refractivity contribution in [1.29, 1.82) is 0 Å². The second-order valence-corrected chi connectivity index (χ2v) is 3.47. The van der Waals surface area contributed by atoms with Crippen molar-refractivity contribution in [3.8, 4) is 11.8 Å². The van der Waals surface area contributed by atoms with Crippen LogP contribution in [0.4, 0.5) is 4.39 Å². The number of aliphatic carboxylic acids is 1. The summed E-state index contributed by atoms with van der Waals surface area (Å²) >= 11 is 0. The molecule has 0 radical (unpaired) electrons. The Morgan fingerprint density at radius 3 is 2.88 bits per heavy atom. The summed E-state index contributed by atoms with van der Waals surface area (Å²) in [6.07, 6.45) is 3.60. The fourth-order valence-electron chi connectivity index (χ4n) is 1.28. The topological polar surface area (TPSA) is 37.3 Å². The summed E-state index contributed by atoms with van der Waals surface area (Å²) in [7, 11) is 0. The van der Waals surface area contributed by atoms with E-state index in [4.69, 9.17) is 5.11 Å². The van der Waals surface area contributed by atoms with Gasteiger partial charge in [0, 0.05) is 12.0 Å².